The fourth-order valence-corrected chi connectivity index (χ4v) is 8.04. The van der Waals surface area contributed by atoms with Gasteiger partial charge in [0.15, 0.2) is 0 Å². The van der Waals surface area contributed by atoms with Gasteiger partial charge in [-0.05, 0) is 91.0 Å². The fraction of sp³-hybridized carbons (Fsp3) is 0. The maximum absolute atomic E-state index is 6.86. The van der Waals surface area contributed by atoms with Crippen molar-refractivity contribution in [2.45, 2.75) is 0 Å². The average molecular weight is 643 g/mol. The zero-order chi connectivity index (χ0) is 31.3. The van der Waals surface area contributed by atoms with E-state index < -0.39 is 0 Å². The third kappa shape index (κ3) is 4.81. The molecule has 224 valence electrons. The minimum Gasteiger partial charge on any atom is -0.456 e. The van der Waals surface area contributed by atoms with E-state index in [9.17, 15) is 0 Å². The topological polar surface area (TPSA) is 19.6 Å². The van der Waals surface area contributed by atoms with Crippen LogP contribution in [0.15, 0.2) is 168 Å². The molecule has 0 aliphatic rings. The molecule has 9 rings (SSSR count). The highest BCUT2D eigenvalue weighted by atomic mass is 35.5. The third-order valence-electron chi connectivity index (χ3n) is 8.66. The lowest BCUT2D eigenvalue weighted by atomic mass is 10.1. The monoisotopic (exact) mass is 642 g/mol. The Labute approximate surface area is 281 Å². The zero-order valence-electron chi connectivity index (χ0n) is 25.2. The van der Waals surface area contributed by atoms with E-state index in [-0.39, 0.29) is 0 Å². The van der Waals surface area contributed by atoms with E-state index >= 15 is 0 Å². The lowest BCUT2D eigenvalue weighted by Crippen LogP contribution is -2.10. The van der Waals surface area contributed by atoms with Gasteiger partial charge in [0.2, 0.25) is 0 Å². The first-order chi connectivity index (χ1) is 23.2. The number of rotatable bonds is 6. The number of anilines is 6. The Balaban J connectivity index is 1.29. The summed E-state index contributed by atoms with van der Waals surface area (Å²) in [5, 5.41) is 5.28. The number of hydrogen-bond acceptors (Lipinski definition) is 4. The Morgan fingerprint density at radius 1 is 0.426 bits per heavy atom. The molecule has 0 saturated carbocycles. The summed E-state index contributed by atoms with van der Waals surface area (Å²) in [7, 11) is 0. The Morgan fingerprint density at radius 3 is 1.66 bits per heavy atom. The maximum atomic E-state index is 6.86. The Bertz CT molecular complexity index is 2500. The van der Waals surface area contributed by atoms with Crippen LogP contribution in [0.5, 0.6) is 0 Å². The van der Waals surface area contributed by atoms with Crippen LogP contribution in [0.3, 0.4) is 0 Å². The van der Waals surface area contributed by atoms with Gasteiger partial charge in [0.05, 0.1) is 5.69 Å². The summed E-state index contributed by atoms with van der Waals surface area (Å²) in [4.78, 5) is 4.63. The Kier molecular flexibility index (Phi) is 6.70. The summed E-state index contributed by atoms with van der Waals surface area (Å²) in [5.41, 5.74) is 8.18. The van der Waals surface area contributed by atoms with Gasteiger partial charge in [-0.3, -0.25) is 0 Å². The molecule has 0 atom stereocenters. The first-order valence-corrected chi connectivity index (χ1v) is 16.7. The summed E-state index contributed by atoms with van der Waals surface area (Å²) < 4.78 is 8.53. The molecule has 9 aromatic rings. The van der Waals surface area contributed by atoms with Crippen LogP contribution in [0.2, 0.25) is 5.02 Å². The Morgan fingerprint density at radius 2 is 0.979 bits per heavy atom. The second kappa shape index (κ2) is 11.4. The van der Waals surface area contributed by atoms with Crippen LogP contribution in [0, 0.1) is 0 Å². The predicted molar refractivity (Wildman–Crippen MR) is 201 cm³/mol. The van der Waals surface area contributed by atoms with Crippen molar-refractivity contribution in [3.05, 3.63) is 169 Å². The van der Waals surface area contributed by atoms with E-state index in [0.717, 1.165) is 60.8 Å². The summed E-state index contributed by atoms with van der Waals surface area (Å²) in [6.45, 7) is 0. The van der Waals surface area contributed by atoms with Gasteiger partial charge in [-0.1, -0.05) is 84.4 Å². The van der Waals surface area contributed by atoms with E-state index in [1.165, 1.54) is 15.5 Å². The van der Waals surface area contributed by atoms with Crippen LogP contribution in [0.1, 0.15) is 0 Å². The number of furan rings is 1. The molecule has 2 aromatic heterocycles. The van der Waals surface area contributed by atoms with E-state index in [2.05, 4.69) is 149 Å². The van der Waals surface area contributed by atoms with Gasteiger partial charge in [0.25, 0.3) is 0 Å². The molecule has 0 unspecified atom stereocenters. The number of halogens is 1. The van der Waals surface area contributed by atoms with Crippen molar-refractivity contribution in [3.63, 3.8) is 0 Å². The van der Waals surface area contributed by atoms with Gasteiger partial charge in [0.1, 0.15) is 11.2 Å². The summed E-state index contributed by atoms with van der Waals surface area (Å²) in [6, 6.07) is 57.2. The van der Waals surface area contributed by atoms with Gasteiger partial charge >= 0.3 is 0 Å². The first kappa shape index (κ1) is 27.7. The van der Waals surface area contributed by atoms with E-state index in [0.29, 0.717) is 5.02 Å². The molecule has 0 N–H and O–H groups in total. The van der Waals surface area contributed by atoms with Crippen LogP contribution in [-0.2, 0) is 0 Å². The van der Waals surface area contributed by atoms with Crippen molar-refractivity contribution >= 4 is 99.2 Å². The number of hydrogen-bond donors (Lipinski definition) is 0. The van der Waals surface area contributed by atoms with Crippen molar-refractivity contribution < 1.29 is 4.42 Å². The second-order valence-corrected chi connectivity index (χ2v) is 13.1. The van der Waals surface area contributed by atoms with Gasteiger partial charge < -0.3 is 14.2 Å². The molecule has 0 aliphatic heterocycles. The minimum atomic E-state index is 0.711. The highest BCUT2D eigenvalue weighted by molar-refractivity contribution is 7.26. The maximum Gasteiger partial charge on any atom is 0.135 e. The van der Waals surface area contributed by atoms with E-state index in [1.54, 1.807) is 11.3 Å². The highest BCUT2D eigenvalue weighted by Gasteiger charge is 2.21. The molecule has 7 aromatic carbocycles. The highest BCUT2D eigenvalue weighted by Crippen LogP contribution is 2.48. The van der Waals surface area contributed by atoms with Crippen LogP contribution >= 0.6 is 22.9 Å². The molecule has 0 fully saturated rings. The SMILES string of the molecule is Clc1cc(N(c2ccccc2)c2ccccc2)c2c(c1)sc1ccc(N(c3ccccc3)c3ccc4oc5ccccc5c4c3)cc12. The van der Waals surface area contributed by atoms with Gasteiger partial charge in [-0.2, -0.15) is 0 Å². The van der Waals surface area contributed by atoms with Crippen LogP contribution in [0.25, 0.3) is 42.1 Å². The van der Waals surface area contributed by atoms with Crippen LogP contribution < -0.4 is 9.80 Å². The number of para-hydroxylation sites is 4. The smallest absolute Gasteiger partial charge is 0.135 e. The molecule has 0 aliphatic carbocycles. The molecule has 0 saturated heterocycles. The van der Waals surface area contributed by atoms with E-state index in [1.807, 2.05) is 24.3 Å². The van der Waals surface area contributed by atoms with E-state index in [4.69, 9.17) is 16.0 Å². The van der Waals surface area contributed by atoms with Gasteiger partial charge in [-0.15, -0.1) is 11.3 Å². The molecule has 3 nitrogen and oxygen atoms in total. The number of benzene rings is 7. The van der Waals surface area contributed by atoms with Gasteiger partial charge in [0, 0.05) is 64.4 Å². The number of nitrogens with zero attached hydrogens (tertiary/aromatic N) is 2. The zero-order valence-corrected chi connectivity index (χ0v) is 26.7. The van der Waals surface area contributed by atoms with Crippen molar-refractivity contribution in [2.75, 3.05) is 9.80 Å². The summed E-state index contributed by atoms with van der Waals surface area (Å²) in [6.07, 6.45) is 0. The molecule has 0 radical (unpaired) electrons. The van der Waals surface area contributed by atoms with Crippen molar-refractivity contribution in [2.24, 2.45) is 0 Å². The molecule has 5 heteroatoms. The predicted octanol–water partition coefficient (Wildman–Crippen LogP) is 13.5. The third-order valence-corrected chi connectivity index (χ3v) is 10.00. The summed E-state index contributed by atoms with van der Waals surface area (Å²) in [5.74, 6) is 0. The standard InChI is InChI=1S/C42H27ClN2OS/c43-28-24-37(45(30-14-6-2-7-15-30)31-16-8-3-9-17-31)42-36-27-33(21-23-40(36)47-41(42)25-28)44(29-12-4-1-5-13-29)32-20-22-39-35(26-32)34-18-10-11-19-38(34)46-39/h1-27H. The lowest BCUT2D eigenvalue weighted by Gasteiger charge is -2.27. The van der Waals surface area contributed by atoms with Crippen molar-refractivity contribution in [1.82, 2.24) is 0 Å². The van der Waals surface area contributed by atoms with Crippen molar-refractivity contribution in [3.8, 4) is 0 Å². The first-order valence-electron chi connectivity index (χ1n) is 15.5. The average Bonchev–Trinajstić information content (AvgIpc) is 3.67. The minimum absolute atomic E-state index is 0.711. The quantitative estimate of drug-likeness (QED) is 0.180. The molecule has 47 heavy (non-hydrogen) atoms. The lowest BCUT2D eigenvalue weighted by molar-refractivity contribution is 0.669. The molecular formula is C42H27ClN2OS. The second-order valence-electron chi connectivity index (χ2n) is 11.5. The van der Waals surface area contributed by atoms with Crippen molar-refractivity contribution in [1.29, 1.82) is 0 Å². The fourth-order valence-electron chi connectivity index (χ4n) is 6.61. The Hall–Kier alpha value is -5.55. The number of thiophene rings is 1. The largest absolute Gasteiger partial charge is 0.456 e. The van der Waals surface area contributed by atoms with Gasteiger partial charge in [-0.25, -0.2) is 0 Å². The molecule has 0 spiro atoms. The molecular weight excluding hydrogens is 616 g/mol. The molecule has 0 amide bonds. The molecule has 0 bridgehead atoms. The van der Waals surface area contributed by atoms with Crippen LogP contribution in [0.4, 0.5) is 34.1 Å². The molecule has 2 heterocycles. The normalized spacial score (nSPS) is 11.5. The number of fused-ring (bicyclic) bond motifs is 6. The van der Waals surface area contributed by atoms with Crippen LogP contribution in [-0.4, -0.2) is 0 Å². The summed E-state index contributed by atoms with van der Waals surface area (Å²) >= 11 is 8.63.